The summed E-state index contributed by atoms with van der Waals surface area (Å²) < 4.78 is 0. The van der Waals surface area contributed by atoms with E-state index in [1.165, 1.54) is 30.3 Å². The van der Waals surface area contributed by atoms with E-state index in [9.17, 15) is 19.7 Å². The van der Waals surface area contributed by atoms with Crippen LogP contribution in [0, 0.1) is 10.1 Å². The van der Waals surface area contributed by atoms with Crippen molar-refractivity contribution in [2.24, 2.45) is 0 Å². The summed E-state index contributed by atoms with van der Waals surface area (Å²) in [7, 11) is 0. The lowest BCUT2D eigenvalue weighted by Gasteiger charge is -2.22. The Balaban J connectivity index is 1.88. The van der Waals surface area contributed by atoms with Gasteiger partial charge < -0.3 is 5.32 Å². The molecule has 1 aliphatic heterocycles. The number of nitrogens with zero attached hydrogens (tertiary/aromatic N) is 2. The molecule has 0 radical (unpaired) electrons. The second-order valence-corrected chi connectivity index (χ2v) is 7.00. The topological polar surface area (TPSA) is 92.6 Å². The van der Waals surface area contributed by atoms with Crippen LogP contribution in [0.15, 0.2) is 42.5 Å². The number of non-ortho nitro benzene ring substituents is 1. The van der Waals surface area contributed by atoms with Gasteiger partial charge in [0.15, 0.2) is 0 Å². The minimum atomic E-state index is -1.19. The minimum absolute atomic E-state index is 0.0455. The number of anilines is 1. The quantitative estimate of drug-likeness (QED) is 0.483. The standard InChI is InChI=1S/C17H13Cl2N3O4/c1-17(9-10-2-4-13(5-3-10)22(25)26)15(23)21(16(24)20-17)14-7-11(18)6-12(19)8-14/h2-8H,9H2,1H3,(H,20,24)/t17-/m1/s1. The molecule has 9 heteroatoms. The average molecular weight is 394 g/mol. The monoisotopic (exact) mass is 393 g/mol. The molecular formula is C17H13Cl2N3O4. The summed E-state index contributed by atoms with van der Waals surface area (Å²) in [5.74, 6) is -0.459. The molecule has 1 saturated heterocycles. The molecule has 7 nitrogen and oxygen atoms in total. The largest absolute Gasteiger partial charge is 0.329 e. The molecule has 1 fully saturated rings. The van der Waals surface area contributed by atoms with Crippen molar-refractivity contribution in [2.75, 3.05) is 4.90 Å². The van der Waals surface area contributed by atoms with Gasteiger partial charge in [-0.1, -0.05) is 35.3 Å². The van der Waals surface area contributed by atoms with Gasteiger partial charge in [-0.3, -0.25) is 14.9 Å². The van der Waals surface area contributed by atoms with E-state index in [-0.39, 0.29) is 17.8 Å². The number of imide groups is 1. The smallest absolute Gasteiger partial charge is 0.323 e. The minimum Gasteiger partial charge on any atom is -0.323 e. The van der Waals surface area contributed by atoms with Gasteiger partial charge in [-0.05, 0) is 30.7 Å². The number of nitro groups is 1. The predicted octanol–water partition coefficient (Wildman–Crippen LogP) is 3.96. The SMILES string of the molecule is C[C@]1(Cc2ccc([N+](=O)[O-])cc2)NC(=O)N(c2cc(Cl)cc(Cl)c2)C1=O. The van der Waals surface area contributed by atoms with Crippen LogP contribution in [0.4, 0.5) is 16.2 Å². The Bertz CT molecular complexity index is 896. The molecule has 0 unspecified atom stereocenters. The predicted molar refractivity (Wildman–Crippen MR) is 97.7 cm³/mol. The highest BCUT2D eigenvalue weighted by Gasteiger charge is 2.48. The van der Waals surface area contributed by atoms with Crippen LogP contribution in [0.5, 0.6) is 0 Å². The fraction of sp³-hybridized carbons (Fsp3) is 0.176. The third-order valence-electron chi connectivity index (χ3n) is 4.07. The number of benzene rings is 2. The zero-order chi connectivity index (χ0) is 19.1. The molecular weight excluding hydrogens is 381 g/mol. The number of hydrogen-bond donors (Lipinski definition) is 1. The van der Waals surface area contributed by atoms with Gasteiger partial charge in [0.25, 0.3) is 11.6 Å². The van der Waals surface area contributed by atoms with Gasteiger partial charge in [0.05, 0.1) is 10.6 Å². The molecule has 1 N–H and O–H groups in total. The van der Waals surface area contributed by atoms with Crippen LogP contribution in [-0.2, 0) is 11.2 Å². The van der Waals surface area contributed by atoms with Crippen molar-refractivity contribution in [3.63, 3.8) is 0 Å². The molecule has 26 heavy (non-hydrogen) atoms. The zero-order valence-electron chi connectivity index (χ0n) is 13.5. The van der Waals surface area contributed by atoms with Crippen molar-refractivity contribution in [3.05, 3.63) is 68.2 Å². The number of rotatable bonds is 4. The molecule has 3 rings (SSSR count). The maximum atomic E-state index is 12.9. The summed E-state index contributed by atoms with van der Waals surface area (Å²) in [5.41, 5.74) is -0.284. The fourth-order valence-electron chi connectivity index (χ4n) is 2.85. The third-order valence-corrected chi connectivity index (χ3v) is 4.51. The van der Waals surface area contributed by atoms with E-state index in [1.807, 2.05) is 0 Å². The zero-order valence-corrected chi connectivity index (χ0v) is 15.0. The Morgan fingerprint density at radius 1 is 1.12 bits per heavy atom. The number of halogens is 2. The number of hydrogen-bond acceptors (Lipinski definition) is 4. The van der Waals surface area contributed by atoms with Crippen LogP contribution < -0.4 is 10.2 Å². The summed E-state index contributed by atoms with van der Waals surface area (Å²) >= 11 is 11.9. The highest BCUT2D eigenvalue weighted by molar-refractivity contribution is 6.35. The summed E-state index contributed by atoms with van der Waals surface area (Å²) in [6, 6.07) is 9.69. The van der Waals surface area contributed by atoms with Crippen LogP contribution in [-0.4, -0.2) is 22.4 Å². The first-order valence-corrected chi connectivity index (χ1v) is 8.31. The van der Waals surface area contributed by atoms with E-state index in [1.54, 1.807) is 19.1 Å². The Morgan fingerprint density at radius 2 is 1.69 bits per heavy atom. The summed E-state index contributed by atoms with van der Waals surface area (Å²) in [6.45, 7) is 1.60. The Hall–Kier alpha value is -2.64. The lowest BCUT2D eigenvalue weighted by Crippen LogP contribution is -2.46. The van der Waals surface area contributed by atoms with Crippen LogP contribution >= 0.6 is 23.2 Å². The summed E-state index contributed by atoms with van der Waals surface area (Å²) in [6.07, 6.45) is 0.181. The first-order valence-electron chi connectivity index (χ1n) is 7.56. The number of nitro benzene ring substituents is 1. The molecule has 2 aromatic rings. The lowest BCUT2D eigenvalue weighted by molar-refractivity contribution is -0.384. The van der Waals surface area contributed by atoms with E-state index >= 15 is 0 Å². The molecule has 0 saturated carbocycles. The first-order chi connectivity index (χ1) is 12.2. The van der Waals surface area contributed by atoms with E-state index < -0.39 is 22.4 Å². The lowest BCUT2D eigenvalue weighted by atomic mass is 9.92. The molecule has 2 aromatic carbocycles. The van der Waals surface area contributed by atoms with E-state index in [2.05, 4.69) is 5.32 Å². The van der Waals surface area contributed by atoms with E-state index in [4.69, 9.17) is 23.2 Å². The van der Waals surface area contributed by atoms with Crippen molar-refractivity contribution in [1.82, 2.24) is 5.32 Å². The molecule has 1 aliphatic rings. The van der Waals surface area contributed by atoms with Crippen molar-refractivity contribution < 1.29 is 14.5 Å². The number of urea groups is 1. The maximum absolute atomic E-state index is 12.9. The van der Waals surface area contributed by atoms with Gasteiger partial charge in [0.2, 0.25) is 0 Å². The number of carbonyl (C=O) groups excluding carboxylic acids is 2. The normalized spacial score (nSPS) is 19.6. The van der Waals surface area contributed by atoms with Gasteiger partial charge in [-0.15, -0.1) is 0 Å². The second-order valence-electron chi connectivity index (χ2n) is 6.13. The number of carbonyl (C=O) groups is 2. The van der Waals surface area contributed by atoms with Crippen LogP contribution in [0.2, 0.25) is 10.0 Å². The molecule has 0 aromatic heterocycles. The molecule has 3 amide bonds. The fourth-order valence-corrected chi connectivity index (χ4v) is 3.37. The summed E-state index contributed by atoms with van der Waals surface area (Å²) in [4.78, 5) is 36.5. The Morgan fingerprint density at radius 3 is 2.23 bits per heavy atom. The van der Waals surface area contributed by atoms with E-state index in [0.717, 1.165) is 4.90 Å². The Kier molecular flexibility index (Phi) is 4.60. The van der Waals surface area contributed by atoms with Crippen molar-refractivity contribution in [1.29, 1.82) is 0 Å². The van der Waals surface area contributed by atoms with Gasteiger partial charge in [-0.2, -0.15) is 0 Å². The highest BCUT2D eigenvalue weighted by atomic mass is 35.5. The average Bonchev–Trinajstić information content (AvgIpc) is 2.76. The first kappa shape index (κ1) is 18.2. The van der Waals surface area contributed by atoms with Gasteiger partial charge >= 0.3 is 6.03 Å². The van der Waals surface area contributed by atoms with Crippen molar-refractivity contribution in [3.8, 4) is 0 Å². The van der Waals surface area contributed by atoms with Gasteiger partial charge in [0.1, 0.15) is 5.54 Å². The number of amides is 3. The van der Waals surface area contributed by atoms with Crippen molar-refractivity contribution >= 4 is 46.5 Å². The van der Waals surface area contributed by atoms with E-state index in [0.29, 0.717) is 15.6 Å². The maximum Gasteiger partial charge on any atom is 0.329 e. The van der Waals surface area contributed by atoms with Crippen molar-refractivity contribution in [2.45, 2.75) is 18.9 Å². The van der Waals surface area contributed by atoms with Crippen LogP contribution in [0.3, 0.4) is 0 Å². The van der Waals surface area contributed by atoms with Gasteiger partial charge in [0, 0.05) is 28.6 Å². The second kappa shape index (κ2) is 6.59. The molecule has 0 bridgehead atoms. The Labute approximate surface area is 158 Å². The summed E-state index contributed by atoms with van der Waals surface area (Å²) in [5, 5.41) is 14.0. The third kappa shape index (κ3) is 3.36. The molecule has 1 heterocycles. The highest BCUT2D eigenvalue weighted by Crippen LogP contribution is 2.31. The van der Waals surface area contributed by atoms with Gasteiger partial charge in [-0.25, -0.2) is 9.69 Å². The molecule has 0 aliphatic carbocycles. The number of nitrogens with one attached hydrogen (secondary N) is 1. The molecule has 1 atom stereocenters. The van der Waals surface area contributed by atoms with Crippen LogP contribution in [0.1, 0.15) is 12.5 Å². The van der Waals surface area contributed by atoms with Crippen LogP contribution in [0.25, 0.3) is 0 Å². The molecule has 134 valence electrons. The molecule has 0 spiro atoms.